The van der Waals surface area contributed by atoms with Crippen LogP contribution in [0.2, 0.25) is 5.02 Å². The number of ether oxygens (including phenoxy) is 2. The minimum Gasteiger partial charge on any atom is -0.489 e. The summed E-state index contributed by atoms with van der Waals surface area (Å²) in [4.78, 5) is 15.9. The fourth-order valence-electron chi connectivity index (χ4n) is 2.16. The average molecular weight is 375 g/mol. The molecule has 1 amide bonds. The molecular formula is C18H15ClN2O3S. The molecule has 0 saturated heterocycles. The number of carbonyl (C=O) groups excluding carboxylic acids is 1. The highest BCUT2D eigenvalue weighted by molar-refractivity contribution is 8.18. The second-order valence-corrected chi connectivity index (χ2v) is 6.50. The Bertz CT molecular complexity index is 852. The maximum atomic E-state index is 11.7. The van der Waals surface area contributed by atoms with E-state index in [4.69, 9.17) is 26.8 Å². The predicted molar refractivity (Wildman–Crippen MR) is 101 cm³/mol. The fraction of sp³-hybridized carbons (Fsp3) is 0.111. The van der Waals surface area contributed by atoms with Crippen molar-refractivity contribution in [2.24, 2.45) is 10.7 Å². The number of hydrogen-bond donors (Lipinski definition) is 1. The molecule has 7 heteroatoms. The Labute approximate surface area is 154 Å². The first-order chi connectivity index (χ1) is 12.1. The molecule has 0 radical (unpaired) electrons. The monoisotopic (exact) mass is 374 g/mol. The first-order valence-electron chi connectivity index (χ1n) is 7.50. The van der Waals surface area contributed by atoms with Crippen molar-refractivity contribution in [1.82, 2.24) is 0 Å². The molecule has 0 unspecified atom stereocenters. The molecule has 1 heterocycles. The van der Waals surface area contributed by atoms with Crippen LogP contribution in [0.25, 0.3) is 6.08 Å². The molecule has 0 fully saturated rings. The molecule has 1 aliphatic rings. The van der Waals surface area contributed by atoms with Crippen molar-refractivity contribution in [2.45, 2.75) is 0 Å². The zero-order chi connectivity index (χ0) is 17.6. The van der Waals surface area contributed by atoms with Crippen LogP contribution in [0, 0.1) is 0 Å². The average Bonchev–Trinajstić information content (AvgIpc) is 2.92. The molecule has 5 nitrogen and oxygen atoms in total. The number of halogens is 1. The van der Waals surface area contributed by atoms with Gasteiger partial charge < -0.3 is 15.2 Å². The molecule has 128 valence electrons. The third-order valence-corrected chi connectivity index (χ3v) is 4.40. The summed E-state index contributed by atoms with van der Waals surface area (Å²) in [5.74, 6) is 0.930. The van der Waals surface area contributed by atoms with Crippen molar-refractivity contribution in [2.75, 3.05) is 13.2 Å². The molecule has 3 rings (SSSR count). The van der Waals surface area contributed by atoms with E-state index in [0.29, 0.717) is 34.6 Å². The standard InChI is InChI=1S/C18H15ClN2O3S/c19-13-6-2-4-8-15(13)24-10-9-23-14-7-3-1-5-12(14)11-16-17(22)21-18(20)25-16/h1-8,11H,9-10H2,(H2,20,21,22)/b16-11+. The molecule has 0 saturated carbocycles. The highest BCUT2D eigenvalue weighted by Gasteiger charge is 2.20. The number of nitrogens with zero attached hydrogens (tertiary/aromatic N) is 1. The molecule has 2 aromatic rings. The number of thioether (sulfide) groups is 1. The molecule has 1 aliphatic heterocycles. The number of para-hydroxylation sites is 2. The van der Waals surface area contributed by atoms with Gasteiger partial charge in [-0.2, -0.15) is 4.99 Å². The van der Waals surface area contributed by atoms with Gasteiger partial charge in [0, 0.05) is 5.56 Å². The fourth-order valence-corrected chi connectivity index (χ4v) is 3.03. The Morgan fingerprint density at radius 3 is 2.36 bits per heavy atom. The number of carbonyl (C=O) groups is 1. The lowest BCUT2D eigenvalue weighted by Gasteiger charge is -2.11. The minimum absolute atomic E-state index is 0.253. The van der Waals surface area contributed by atoms with Gasteiger partial charge in [-0.25, -0.2) is 0 Å². The Morgan fingerprint density at radius 1 is 1.04 bits per heavy atom. The molecule has 2 N–H and O–H groups in total. The van der Waals surface area contributed by atoms with Gasteiger partial charge in [0.2, 0.25) is 0 Å². The number of rotatable bonds is 6. The number of benzene rings is 2. The van der Waals surface area contributed by atoms with E-state index in [1.807, 2.05) is 36.4 Å². The van der Waals surface area contributed by atoms with Gasteiger partial charge in [-0.1, -0.05) is 41.9 Å². The van der Waals surface area contributed by atoms with E-state index in [0.717, 1.165) is 17.3 Å². The van der Waals surface area contributed by atoms with Gasteiger partial charge in [0.15, 0.2) is 5.17 Å². The van der Waals surface area contributed by atoms with E-state index in [9.17, 15) is 4.79 Å². The first kappa shape index (κ1) is 17.4. The third kappa shape index (κ3) is 4.55. The maximum Gasteiger partial charge on any atom is 0.286 e. The largest absolute Gasteiger partial charge is 0.489 e. The van der Waals surface area contributed by atoms with Crippen LogP contribution in [0.3, 0.4) is 0 Å². The lowest BCUT2D eigenvalue weighted by atomic mass is 10.2. The van der Waals surface area contributed by atoms with Gasteiger partial charge in [0.25, 0.3) is 5.91 Å². The first-order valence-corrected chi connectivity index (χ1v) is 8.70. The van der Waals surface area contributed by atoms with Crippen molar-refractivity contribution >= 4 is 40.5 Å². The summed E-state index contributed by atoms with van der Waals surface area (Å²) in [5, 5.41) is 0.810. The third-order valence-electron chi connectivity index (χ3n) is 3.28. The van der Waals surface area contributed by atoms with Crippen molar-refractivity contribution in [1.29, 1.82) is 0 Å². The SMILES string of the molecule is NC1=NC(=O)/C(=C\c2ccccc2OCCOc2ccccc2Cl)S1. The van der Waals surface area contributed by atoms with Gasteiger partial charge >= 0.3 is 0 Å². The number of hydrogen-bond acceptors (Lipinski definition) is 5. The molecule has 0 bridgehead atoms. The summed E-state index contributed by atoms with van der Waals surface area (Å²) in [6, 6.07) is 14.7. The van der Waals surface area contributed by atoms with Crippen molar-refractivity contribution < 1.29 is 14.3 Å². The molecule has 0 aromatic heterocycles. The number of amides is 1. The van der Waals surface area contributed by atoms with E-state index < -0.39 is 0 Å². The maximum absolute atomic E-state index is 11.7. The van der Waals surface area contributed by atoms with E-state index in [2.05, 4.69) is 4.99 Å². The zero-order valence-electron chi connectivity index (χ0n) is 13.1. The Balaban J connectivity index is 1.61. The topological polar surface area (TPSA) is 73.9 Å². The van der Waals surface area contributed by atoms with Crippen molar-refractivity contribution in [3.63, 3.8) is 0 Å². The van der Waals surface area contributed by atoms with Crippen LogP contribution in [-0.4, -0.2) is 24.3 Å². The van der Waals surface area contributed by atoms with Crippen LogP contribution in [-0.2, 0) is 4.79 Å². The Kier molecular flexibility index (Phi) is 5.63. The van der Waals surface area contributed by atoms with E-state index in [1.165, 1.54) is 0 Å². The highest BCUT2D eigenvalue weighted by atomic mass is 35.5. The quantitative estimate of drug-likeness (QED) is 0.616. The zero-order valence-corrected chi connectivity index (χ0v) is 14.7. The molecule has 2 aromatic carbocycles. The summed E-state index contributed by atoms with van der Waals surface area (Å²) in [6.45, 7) is 0.684. The predicted octanol–water partition coefficient (Wildman–Crippen LogP) is 3.73. The minimum atomic E-state index is -0.334. The van der Waals surface area contributed by atoms with Crippen LogP contribution in [0.4, 0.5) is 0 Å². The second-order valence-electron chi connectivity index (χ2n) is 5.03. The van der Waals surface area contributed by atoms with Gasteiger partial charge in [0.05, 0.1) is 9.93 Å². The molecular weight excluding hydrogens is 360 g/mol. The van der Waals surface area contributed by atoms with Gasteiger partial charge in [0.1, 0.15) is 24.7 Å². The second kappa shape index (κ2) is 8.09. The summed E-state index contributed by atoms with van der Waals surface area (Å²) >= 11 is 7.19. The Morgan fingerprint density at radius 2 is 1.68 bits per heavy atom. The van der Waals surface area contributed by atoms with Crippen LogP contribution in [0.5, 0.6) is 11.5 Å². The van der Waals surface area contributed by atoms with E-state index in [1.54, 1.807) is 18.2 Å². The van der Waals surface area contributed by atoms with Crippen LogP contribution in [0.1, 0.15) is 5.56 Å². The van der Waals surface area contributed by atoms with Gasteiger partial charge in [-0.05, 0) is 36.0 Å². The molecule has 0 aliphatic carbocycles. The molecule has 0 atom stereocenters. The summed E-state index contributed by atoms with van der Waals surface area (Å²) < 4.78 is 11.4. The summed E-state index contributed by atoms with van der Waals surface area (Å²) in [6.07, 6.45) is 1.72. The normalized spacial score (nSPS) is 15.3. The van der Waals surface area contributed by atoms with E-state index in [-0.39, 0.29) is 11.1 Å². The van der Waals surface area contributed by atoms with Gasteiger partial charge in [-0.3, -0.25) is 4.79 Å². The van der Waals surface area contributed by atoms with Crippen LogP contribution < -0.4 is 15.2 Å². The number of aliphatic imine (C=N–C) groups is 1. The summed E-state index contributed by atoms with van der Waals surface area (Å²) in [7, 11) is 0. The highest BCUT2D eigenvalue weighted by Crippen LogP contribution is 2.29. The summed E-state index contributed by atoms with van der Waals surface area (Å²) in [5.41, 5.74) is 6.34. The smallest absolute Gasteiger partial charge is 0.286 e. The lowest BCUT2D eigenvalue weighted by Crippen LogP contribution is -2.09. The van der Waals surface area contributed by atoms with Gasteiger partial charge in [-0.15, -0.1) is 0 Å². The van der Waals surface area contributed by atoms with Crippen LogP contribution >= 0.6 is 23.4 Å². The number of amidine groups is 1. The van der Waals surface area contributed by atoms with Crippen molar-refractivity contribution in [3.05, 3.63) is 64.0 Å². The van der Waals surface area contributed by atoms with Crippen molar-refractivity contribution in [3.8, 4) is 11.5 Å². The van der Waals surface area contributed by atoms with E-state index >= 15 is 0 Å². The Hall–Kier alpha value is -2.44. The molecule has 0 spiro atoms. The number of nitrogens with two attached hydrogens (primary N) is 1. The lowest BCUT2D eigenvalue weighted by molar-refractivity contribution is -0.113. The van der Waals surface area contributed by atoms with Crippen LogP contribution in [0.15, 0.2) is 58.4 Å². The molecule has 25 heavy (non-hydrogen) atoms.